The fourth-order valence-corrected chi connectivity index (χ4v) is 8.75. The Bertz CT molecular complexity index is 1170. The van der Waals surface area contributed by atoms with Crippen LogP contribution in [-0.2, 0) is 20.2 Å². The van der Waals surface area contributed by atoms with Gasteiger partial charge in [0, 0.05) is 16.4 Å². The molecule has 1 fully saturated rings. The summed E-state index contributed by atoms with van der Waals surface area (Å²) in [4.78, 5) is 0.111. The molecule has 14 heteroatoms. The standard InChI is InChI=1S/C20H19F9O3S2/c1-2-6-13-9-10-16(15-8-4-3-7-14(13)15)33(11-5-12-33)32-34(30,31)20(28,29)18(23,24)17(21,22)19(25,26)27/h3-4,7-10H,2,5-6,11-12H2,1H3. The van der Waals surface area contributed by atoms with Gasteiger partial charge < -0.3 is 0 Å². The third-order valence-corrected chi connectivity index (χ3v) is 11.2. The molecule has 0 N–H and O–H groups in total. The van der Waals surface area contributed by atoms with Crippen molar-refractivity contribution in [2.45, 2.75) is 54.4 Å². The topological polar surface area (TPSA) is 43.4 Å². The van der Waals surface area contributed by atoms with E-state index in [2.05, 4.69) is 3.63 Å². The maximum Gasteiger partial charge on any atom is 0.460 e. The molecule has 1 aliphatic heterocycles. The van der Waals surface area contributed by atoms with Gasteiger partial charge in [-0.15, -0.1) is 0 Å². The minimum atomic E-state index is -7.34. The molecule has 0 saturated carbocycles. The summed E-state index contributed by atoms with van der Waals surface area (Å²) >= 11 is 0. The van der Waals surface area contributed by atoms with Crippen LogP contribution >= 0.6 is 10.3 Å². The predicted octanol–water partition coefficient (Wildman–Crippen LogP) is 7.05. The monoisotopic (exact) mass is 542 g/mol. The molecular weight excluding hydrogens is 523 g/mol. The Morgan fingerprint density at radius 3 is 1.88 bits per heavy atom. The van der Waals surface area contributed by atoms with Crippen LogP contribution in [-0.4, -0.2) is 43.2 Å². The van der Waals surface area contributed by atoms with Crippen LogP contribution in [0.4, 0.5) is 39.5 Å². The zero-order valence-corrected chi connectivity index (χ0v) is 19.1. The maximum atomic E-state index is 14.3. The van der Waals surface area contributed by atoms with E-state index in [0.717, 1.165) is 12.0 Å². The number of fused-ring (bicyclic) bond motifs is 1. The Labute approximate surface area is 190 Å². The fourth-order valence-electron chi connectivity index (χ4n) is 3.61. The number of halogens is 9. The molecule has 1 heterocycles. The third-order valence-electron chi connectivity index (χ3n) is 5.49. The van der Waals surface area contributed by atoms with Gasteiger partial charge in [-0.25, -0.2) is 3.63 Å². The molecule has 0 atom stereocenters. The first-order valence-electron chi connectivity index (χ1n) is 9.90. The van der Waals surface area contributed by atoms with Crippen LogP contribution in [0.5, 0.6) is 0 Å². The van der Waals surface area contributed by atoms with E-state index in [-0.39, 0.29) is 22.8 Å². The van der Waals surface area contributed by atoms with Crippen molar-refractivity contribution >= 4 is 31.2 Å². The Kier molecular flexibility index (Phi) is 6.71. The van der Waals surface area contributed by atoms with Crippen LogP contribution in [0.1, 0.15) is 25.3 Å². The van der Waals surface area contributed by atoms with Gasteiger partial charge in [-0.05, 0) is 35.2 Å². The summed E-state index contributed by atoms with van der Waals surface area (Å²) < 4.78 is 149. The maximum absolute atomic E-state index is 14.3. The Hall–Kier alpha value is -1.67. The van der Waals surface area contributed by atoms with Gasteiger partial charge in [0.25, 0.3) is 0 Å². The van der Waals surface area contributed by atoms with Gasteiger partial charge in [-0.3, -0.25) is 0 Å². The molecule has 0 unspecified atom stereocenters. The normalized spacial score (nSPS) is 18.5. The SMILES string of the molecule is CCCc1ccc(S2(OS(=O)(=O)C(F)(F)C(F)(F)C(F)(F)C(F)(F)F)CCC2)c2ccccc12. The van der Waals surface area contributed by atoms with Gasteiger partial charge in [-0.1, -0.05) is 54.0 Å². The third kappa shape index (κ3) is 3.94. The average molecular weight is 542 g/mol. The number of rotatable bonds is 8. The van der Waals surface area contributed by atoms with Crippen LogP contribution in [0.2, 0.25) is 0 Å². The first-order valence-corrected chi connectivity index (χ1v) is 13.2. The molecule has 34 heavy (non-hydrogen) atoms. The Morgan fingerprint density at radius 2 is 1.41 bits per heavy atom. The summed E-state index contributed by atoms with van der Waals surface area (Å²) in [5.74, 6) is -15.0. The number of benzene rings is 2. The largest absolute Gasteiger partial charge is 0.460 e. The second kappa shape index (κ2) is 8.47. The van der Waals surface area contributed by atoms with Crippen molar-refractivity contribution in [3.05, 3.63) is 42.0 Å². The first-order chi connectivity index (χ1) is 15.5. The summed E-state index contributed by atoms with van der Waals surface area (Å²) in [6.07, 6.45) is -5.54. The molecule has 0 amide bonds. The highest BCUT2D eigenvalue weighted by atomic mass is 32.3. The molecule has 3 nitrogen and oxygen atoms in total. The molecule has 1 saturated heterocycles. The molecule has 0 aliphatic carbocycles. The van der Waals surface area contributed by atoms with Crippen molar-refractivity contribution in [1.82, 2.24) is 0 Å². The van der Waals surface area contributed by atoms with Gasteiger partial charge in [0.05, 0.1) is 0 Å². The molecule has 3 rings (SSSR count). The number of alkyl halides is 9. The van der Waals surface area contributed by atoms with Crippen molar-refractivity contribution in [1.29, 1.82) is 0 Å². The van der Waals surface area contributed by atoms with Crippen LogP contribution in [0, 0.1) is 0 Å². The van der Waals surface area contributed by atoms with E-state index in [1.165, 1.54) is 12.1 Å². The quantitative estimate of drug-likeness (QED) is 0.336. The molecule has 2 aromatic carbocycles. The molecule has 2 aromatic rings. The van der Waals surface area contributed by atoms with E-state index in [9.17, 15) is 47.9 Å². The lowest BCUT2D eigenvalue weighted by Gasteiger charge is -2.47. The Balaban J connectivity index is 2.10. The van der Waals surface area contributed by atoms with Crippen molar-refractivity contribution in [3.8, 4) is 0 Å². The molecular formula is C20H19F9O3S2. The summed E-state index contributed by atoms with van der Waals surface area (Å²) in [5.41, 5.74) is 0.834. The zero-order valence-electron chi connectivity index (χ0n) is 17.4. The zero-order chi connectivity index (χ0) is 25.8. The van der Waals surface area contributed by atoms with E-state index in [0.29, 0.717) is 17.2 Å². The minimum absolute atomic E-state index is 0.111. The van der Waals surface area contributed by atoms with Gasteiger partial charge >= 0.3 is 33.4 Å². The van der Waals surface area contributed by atoms with E-state index in [4.69, 9.17) is 0 Å². The van der Waals surface area contributed by atoms with E-state index >= 15 is 0 Å². The van der Waals surface area contributed by atoms with Gasteiger partial charge in [-0.2, -0.15) is 47.9 Å². The van der Waals surface area contributed by atoms with E-state index in [1.807, 2.05) is 6.92 Å². The molecule has 192 valence electrons. The highest BCUT2D eigenvalue weighted by Gasteiger charge is 2.86. The highest BCUT2D eigenvalue weighted by molar-refractivity contribution is 8.34. The smallest absolute Gasteiger partial charge is 0.211 e. The number of aryl methyl sites for hydroxylation is 1. The second-order valence-corrected chi connectivity index (χ2v) is 12.6. The molecule has 0 aromatic heterocycles. The lowest BCUT2D eigenvalue weighted by atomic mass is 10.0. The van der Waals surface area contributed by atoms with E-state index in [1.54, 1.807) is 24.3 Å². The molecule has 0 spiro atoms. The van der Waals surface area contributed by atoms with Crippen LogP contribution in [0.3, 0.4) is 0 Å². The minimum Gasteiger partial charge on any atom is -0.211 e. The molecule has 1 aliphatic rings. The number of hydrogen-bond donors (Lipinski definition) is 0. The second-order valence-electron chi connectivity index (χ2n) is 7.78. The molecule has 0 radical (unpaired) electrons. The van der Waals surface area contributed by atoms with E-state index < -0.39 is 43.7 Å². The Morgan fingerprint density at radius 1 is 0.853 bits per heavy atom. The predicted molar refractivity (Wildman–Crippen MR) is 109 cm³/mol. The number of hydrogen-bond acceptors (Lipinski definition) is 3. The first kappa shape index (κ1) is 26.9. The summed E-state index contributed by atoms with van der Waals surface area (Å²) in [5, 5.41) is -5.84. The summed E-state index contributed by atoms with van der Waals surface area (Å²) in [7, 11) is -10.2. The van der Waals surface area contributed by atoms with Gasteiger partial charge in [0.15, 0.2) is 0 Å². The summed E-state index contributed by atoms with van der Waals surface area (Å²) in [6, 6.07) is 9.44. The molecule has 0 bridgehead atoms. The van der Waals surface area contributed by atoms with Crippen molar-refractivity contribution in [2.24, 2.45) is 0 Å². The highest BCUT2D eigenvalue weighted by Crippen LogP contribution is 2.68. The van der Waals surface area contributed by atoms with Crippen LogP contribution in [0.25, 0.3) is 10.8 Å². The van der Waals surface area contributed by atoms with Gasteiger partial charge in [0.2, 0.25) is 0 Å². The van der Waals surface area contributed by atoms with Gasteiger partial charge in [0.1, 0.15) is 0 Å². The lowest BCUT2D eigenvalue weighted by molar-refractivity contribution is -0.382. The van der Waals surface area contributed by atoms with Crippen molar-refractivity contribution < 1.29 is 51.6 Å². The summed E-state index contributed by atoms with van der Waals surface area (Å²) in [6.45, 7) is 1.90. The average Bonchev–Trinajstić information content (AvgIpc) is 2.70. The van der Waals surface area contributed by atoms with Crippen LogP contribution in [0.15, 0.2) is 41.3 Å². The van der Waals surface area contributed by atoms with Crippen molar-refractivity contribution in [3.63, 3.8) is 0 Å². The fraction of sp³-hybridized carbons (Fsp3) is 0.500. The van der Waals surface area contributed by atoms with Crippen LogP contribution < -0.4 is 0 Å². The lowest BCUT2D eigenvalue weighted by Crippen LogP contribution is -2.63. The van der Waals surface area contributed by atoms with Crippen molar-refractivity contribution in [2.75, 3.05) is 11.5 Å².